The zero-order chi connectivity index (χ0) is 13.5. The van der Waals surface area contributed by atoms with Gasteiger partial charge in [-0.15, -0.1) is 0 Å². The van der Waals surface area contributed by atoms with E-state index < -0.39 is 0 Å². The SMILES string of the molecule is CCCN(CCN(C)C)c1ccc(CBr)c(C)c1. The molecule has 0 unspecified atom stereocenters. The van der Waals surface area contributed by atoms with Crippen LogP contribution in [-0.2, 0) is 5.33 Å². The first-order chi connectivity index (χ1) is 8.58. The van der Waals surface area contributed by atoms with Crippen molar-refractivity contribution in [3.8, 4) is 0 Å². The second-order valence-electron chi connectivity index (χ2n) is 5.03. The molecular formula is C15H25BrN2. The predicted octanol–water partition coefficient (Wildman–Crippen LogP) is 3.67. The number of aryl methyl sites for hydroxylation is 1. The first-order valence-corrected chi connectivity index (χ1v) is 7.75. The minimum Gasteiger partial charge on any atom is -0.370 e. The van der Waals surface area contributed by atoms with E-state index in [0.29, 0.717) is 0 Å². The Labute approximate surface area is 120 Å². The van der Waals surface area contributed by atoms with Crippen LogP contribution in [0.1, 0.15) is 24.5 Å². The lowest BCUT2D eigenvalue weighted by Gasteiger charge is -2.26. The summed E-state index contributed by atoms with van der Waals surface area (Å²) in [6.07, 6.45) is 1.19. The van der Waals surface area contributed by atoms with Gasteiger partial charge in [0.15, 0.2) is 0 Å². The fourth-order valence-electron chi connectivity index (χ4n) is 1.99. The van der Waals surface area contributed by atoms with Gasteiger partial charge in [-0.05, 0) is 50.7 Å². The standard InChI is InChI=1S/C15H25BrN2/c1-5-8-18(10-9-17(3)4)15-7-6-14(12-16)13(2)11-15/h6-7,11H,5,8-10,12H2,1-4H3. The molecule has 2 nitrogen and oxygen atoms in total. The molecule has 0 radical (unpaired) electrons. The van der Waals surface area contributed by atoms with Gasteiger partial charge in [-0.3, -0.25) is 0 Å². The molecular weight excluding hydrogens is 288 g/mol. The summed E-state index contributed by atoms with van der Waals surface area (Å²) < 4.78 is 0. The summed E-state index contributed by atoms with van der Waals surface area (Å²) >= 11 is 3.53. The van der Waals surface area contributed by atoms with E-state index >= 15 is 0 Å². The lowest BCUT2D eigenvalue weighted by Crippen LogP contribution is -2.32. The second-order valence-corrected chi connectivity index (χ2v) is 5.60. The Morgan fingerprint density at radius 3 is 2.33 bits per heavy atom. The number of nitrogens with zero attached hydrogens (tertiary/aromatic N) is 2. The Bertz CT molecular complexity index is 364. The molecule has 0 spiro atoms. The Balaban J connectivity index is 2.81. The highest BCUT2D eigenvalue weighted by Crippen LogP contribution is 2.21. The topological polar surface area (TPSA) is 6.48 Å². The van der Waals surface area contributed by atoms with Gasteiger partial charge in [0.1, 0.15) is 0 Å². The van der Waals surface area contributed by atoms with E-state index in [1.807, 2.05) is 0 Å². The summed E-state index contributed by atoms with van der Waals surface area (Å²) in [4.78, 5) is 4.72. The van der Waals surface area contributed by atoms with Crippen LogP contribution in [0.2, 0.25) is 0 Å². The lowest BCUT2D eigenvalue weighted by molar-refractivity contribution is 0.413. The molecule has 0 heterocycles. The molecule has 3 heteroatoms. The van der Waals surface area contributed by atoms with E-state index in [4.69, 9.17) is 0 Å². The van der Waals surface area contributed by atoms with E-state index in [9.17, 15) is 0 Å². The number of alkyl halides is 1. The van der Waals surface area contributed by atoms with E-state index in [0.717, 1.165) is 25.0 Å². The normalized spacial score (nSPS) is 11.0. The highest BCUT2D eigenvalue weighted by atomic mass is 79.9. The molecule has 0 amide bonds. The molecule has 0 aromatic heterocycles. The van der Waals surface area contributed by atoms with Crippen LogP contribution in [0.4, 0.5) is 5.69 Å². The van der Waals surface area contributed by atoms with Crippen LogP contribution >= 0.6 is 15.9 Å². The number of anilines is 1. The Morgan fingerprint density at radius 1 is 1.11 bits per heavy atom. The highest BCUT2D eigenvalue weighted by Gasteiger charge is 2.07. The molecule has 1 rings (SSSR count). The van der Waals surface area contributed by atoms with Crippen LogP contribution in [0.5, 0.6) is 0 Å². The van der Waals surface area contributed by atoms with Crippen molar-refractivity contribution < 1.29 is 0 Å². The van der Waals surface area contributed by atoms with Crippen LogP contribution in [0.25, 0.3) is 0 Å². The van der Waals surface area contributed by atoms with Crippen molar-refractivity contribution in [2.24, 2.45) is 0 Å². The molecule has 1 aromatic rings. The number of likely N-dealkylation sites (N-methyl/N-ethyl adjacent to an activating group) is 1. The molecule has 1 aromatic carbocycles. The smallest absolute Gasteiger partial charge is 0.0369 e. The Hall–Kier alpha value is -0.540. The van der Waals surface area contributed by atoms with Crippen molar-refractivity contribution in [1.29, 1.82) is 0 Å². The van der Waals surface area contributed by atoms with Gasteiger partial charge >= 0.3 is 0 Å². The van der Waals surface area contributed by atoms with Crippen molar-refractivity contribution in [1.82, 2.24) is 4.90 Å². The average Bonchev–Trinajstić information content (AvgIpc) is 2.34. The van der Waals surface area contributed by atoms with E-state index in [-0.39, 0.29) is 0 Å². The summed E-state index contributed by atoms with van der Waals surface area (Å²) in [5.41, 5.74) is 4.10. The zero-order valence-corrected chi connectivity index (χ0v) is 13.6. The fourth-order valence-corrected chi connectivity index (χ4v) is 2.62. The number of halogens is 1. The molecule has 102 valence electrons. The third-order valence-corrected chi connectivity index (χ3v) is 3.75. The molecule has 0 bridgehead atoms. The fraction of sp³-hybridized carbons (Fsp3) is 0.600. The van der Waals surface area contributed by atoms with Crippen LogP contribution in [-0.4, -0.2) is 38.6 Å². The van der Waals surface area contributed by atoms with Crippen molar-refractivity contribution in [2.45, 2.75) is 25.6 Å². The lowest BCUT2D eigenvalue weighted by atomic mass is 10.1. The maximum Gasteiger partial charge on any atom is 0.0369 e. The maximum atomic E-state index is 3.53. The third-order valence-electron chi connectivity index (χ3n) is 3.15. The van der Waals surface area contributed by atoms with Gasteiger partial charge < -0.3 is 9.80 Å². The average molecular weight is 313 g/mol. The summed E-state index contributed by atoms with van der Waals surface area (Å²) in [5.74, 6) is 0. The van der Waals surface area contributed by atoms with Gasteiger partial charge in [0.2, 0.25) is 0 Å². The molecule has 0 saturated carbocycles. The van der Waals surface area contributed by atoms with Gasteiger partial charge in [-0.2, -0.15) is 0 Å². The summed E-state index contributed by atoms with van der Waals surface area (Å²) in [7, 11) is 4.26. The number of rotatable bonds is 7. The Kier molecular flexibility index (Phi) is 6.72. The minimum absolute atomic E-state index is 0.935. The van der Waals surface area contributed by atoms with Gasteiger partial charge in [-0.1, -0.05) is 28.9 Å². The molecule has 0 aliphatic carbocycles. The van der Waals surface area contributed by atoms with E-state index in [1.165, 1.54) is 23.2 Å². The molecule has 0 N–H and O–H groups in total. The summed E-state index contributed by atoms with van der Waals surface area (Å²) in [5, 5.41) is 0.935. The zero-order valence-electron chi connectivity index (χ0n) is 12.0. The highest BCUT2D eigenvalue weighted by molar-refractivity contribution is 9.08. The Morgan fingerprint density at radius 2 is 1.83 bits per heavy atom. The van der Waals surface area contributed by atoms with Crippen LogP contribution in [0.3, 0.4) is 0 Å². The predicted molar refractivity (Wildman–Crippen MR) is 84.9 cm³/mol. The third kappa shape index (κ3) is 4.62. The monoisotopic (exact) mass is 312 g/mol. The van der Waals surface area contributed by atoms with Crippen molar-refractivity contribution in [3.63, 3.8) is 0 Å². The van der Waals surface area contributed by atoms with Gasteiger partial charge in [-0.25, -0.2) is 0 Å². The summed E-state index contributed by atoms with van der Waals surface area (Å²) in [6.45, 7) is 7.74. The first-order valence-electron chi connectivity index (χ1n) is 6.63. The molecule has 18 heavy (non-hydrogen) atoms. The van der Waals surface area contributed by atoms with E-state index in [2.05, 4.69) is 71.9 Å². The molecule has 0 aliphatic rings. The van der Waals surface area contributed by atoms with Gasteiger partial charge in [0.25, 0.3) is 0 Å². The van der Waals surface area contributed by atoms with Crippen molar-refractivity contribution >= 4 is 21.6 Å². The molecule has 0 atom stereocenters. The molecule has 0 aliphatic heterocycles. The molecule has 0 fully saturated rings. The van der Waals surface area contributed by atoms with Gasteiger partial charge in [0, 0.05) is 30.7 Å². The largest absolute Gasteiger partial charge is 0.370 e. The maximum absolute atomic E-state index is 3.53. The minimum atomic E-state index is 0.935. The first kappa shape index (κ1) is 15.5. The van der Waals surface area contributed by atoms with Crippen molar-refractivity contribution in [3.05, 3.63) is 29.3 Å². The van der Waals surface area contributed by atoms with Gasteiger partial charge in [0.05, 0.1) is 0 Å². The number of hydrogen-bond acceptors (Lipinski definition) is 2. The van der Waals surface area contributed by atoms with Crippen molar-refractivity contribution in [2.75, 3.05) is 38.6 Å². The quantitative estimate of drug-likeness (QED) is 0.709. The molecule has 0 saturated heterocycles. The number of hydrogen-bond donors (Lipinski definition) is 0. The number of benzene rings is 1. The van der Waals surface area contributed by atoms with E-state index in [1.54, 1.807) is 0 Å². The van der Waals surface area contributed by atoms with Crippen LogP contribution in [0, 0.1) is 6.92 Å². The van der Waals surface area contributed by atoms with Crippen LogP contribution in [0.15, 0.2) is 18.2 Å². The summed E-state index contributed by atoms with van der Waals surface area (Å²) in [6, 6.07) is 6.79. The second kappa shape index (κ2) is 7.80. The van der Waals surface area contributed by atoms with Crippen LogP contribution < -0.4 is 4.90 Å².